The summed E-state index contributed by atoms with van der Waals surface area (Å²) in [5.41, 5.74) is 2.45. The van der Waals surface area contributed by atoms with Crippen LogP contribution in [-0.2, 0) is 0 Å². The molecule has 4 N–H and O–H groups in total. The number of nitrogens with one attached hydrogen (secondary N) is 4. The highest BCUT2D eigenvalue weighted by Gasteiger charge is 2.39. The normalized spacial score (nSPS) is 16.0. The Hall–Kier alpha value is -4.83. The van der Waals surface area contributed by atoms with E-state index in [0.29, 0.717) is 11.3 Å². The molecule has 4 heterocycles. The van der Waals surface area contributed by atoms with E-state index in [4.69, 9.17) is 0 Å². The van der Waals surface area contributed by atoms with E-state index in [0.717, 1.165) is 18.2 Å². The molecular weight excluding hydrogens is 734 g/mol. The monoisotopic (exact) mass is 780 g/mol. The van der Waals surface area contributed by atoms with Crippen LogP contribution in [0.15, 0.2) is 111 Å². The summed E-state index contributed by atoms with van der Waals surface area (Å²) in [6, 6.07) is 0.896. The summed E-state index contributed by atoms with van der Waals surface area (Å²) in [6.07, 6.45) is -7.35. The van der Waals surface area contributed by atoms with E-state index < -0.39 is 41.9 Å². The summed E-state index contributed by atoms with van der Waals surface area (Å²) in [6.45, 7) is 24.4. The molecule has 7 nitrogen and oxygen atoms in total. The van der Waals surface area contributed by atoms with Crippen molar-refractivity contribution in [2.24, 2.45) is 22.9 Å². The number of rotatable bonds is 6. The first kappa shape index (κ1) is 47.2. The van der Waals surface area contributed by atoms with Gasteiger partial charge >= 0.3 is 12.4 Å². The predicted octanol–water partition coefficient (Wildman–Crippen LogP) is 10.4. The van der Waals surface area contributed by atoms with Crippen LogP contribution in [0.1, 0.15) is 79.0 Å². The third-order valence-corrected chi connectivity index (χ3v) is 7.32. The molecule has 0 radical (unpaired) electrons. The minimum absolute atomic E-state index is 0.0184. The number of dihydropyridines is 2. The molecule has 0 spiro atoms. The van der Waals surface area contributed by atoms with E-state index in [1.807, 2.05) is 13.8 Å². The molecule has 0 fully saturated rings. The number of alkyl halides is 10. The molecule has 4 rings (SSSR count). The van der Waals surface area contributed by atoms with Crippen LogP contribution in [0.25, 0.3) is 0 Å². The zero-order chi connectivity index (χ0) is 41.9. The van der Waals surface area contributed by atoms with Crippen LogP contribution in [0, 0.1) is 17.8 Å². The number of hydrazone groups is 1. The third-order valence-electron chi connectivity index (χ3n) is 7.32. The number of nitrogens with zero attached hydrogens (tertiary/aromatic N) is 2. The number of aromatic amines is 1. The summed E-state index contributed by atoms with van der Waals surface area (Å²) >= 11 is 0. The molecule has 0 saturated heterocycles. The number of aromatic nitrogens is 2. The molecule has 0 bridgehead atoms. The average Bonchev–Trinajstić information content (AvgIpc) is 3.04. The zero-order valence-electron chi connectivity index (χ0n) is 31.1. The predicted molar refractivity (Wildman–Crippen MR) is 191 cm³/mol. The fraction of sp³-hybridized carbons (Fsp3) is 0.432. The Labute approximate surface area is 308 Å². The van der Waals surface area contributed by atoms with Crippen molar-refractivity contribution in [3.05, 3.63) is 123 Å². The highest BCUT2D eigenvalue weighted by Crippen LogP contribution is 2.36. The summed E-state index contributed by atoms with van der Waals surface area (Å²) in [4.78, 5) is 10.7. The molecule has 1 aromatic heterocycles. The van der Waals surface area contributed by atoms with Gasteiger partial charge < -0.3 is 10.6 Å². The Morgan fingerprint density at radius 2 is 1.09 bits per heavy atom. The van der Waals surface area contributed by atoms with Crippen LogP contribution in [0.3, 0.4) is 0 Å². The van der Waals surface area contributed by atoms with Crippen LogP contribution >= 0.6 is 0 Å². The van der Waals surface area contributed by atoms with Gasteiger partial charge in [-0.15, -0.1) is 0 Å². The summed E-state index contributed by atoms with van der Waals surface area (Å²) in [5, 5.41) is 14.9. The van der Waals surface area contributed by atoms with Gasteiger partial charge in [-0.1, -0.05) is 75.1 Å². The SMILES string of the molecule is C=C1C=C(C(F)(F)F)C(C(C)C)=CN1.C=C1C=C(C(F)(F)F)C(C(C)C)=NN1.C=C1C=C(C(F)F)C(C(C)C)=CN1.CC(C)c1n[nH]c(=O)cc1C(F)F. The van der Waals surface area contributed by atoms with Gasteiger partial charge in [-0.2, -0.15) is 36.5 Å². The van der Waals surface area contributed by atoms with Gasteiger partial charge in [-0.25, -0.2) is 22.7 Å². The second kappa shape index (κ2) is 20.0. The lowest BCUT2D eigenvalue weighted by Crippen LogP contribution is -2.29. The Bertz CT molecular complexity index is 1690. The fourth-order valence-corrected chi connectivity index (χ4v) is 4.73. The van der Waals surface area contributed by atoms with Gasteiger partial charge in [0.15, 0.2) is 0 Å². The second-order valence-corrected chi connectivity index (χ2v) is 13.2. The number of allylic oxidation sites excluding steroid dienone is 8. The fourth-order valence-electron chi connectivity index (χ4n) is 4.73. The van der Waals surface area contributed by atoms with Crippen molar-refractivity contribution < 1.29 is 43.9 Å². The first-order valence-corrected chi connectivity index (χ1v) is 16.5. The molecule has 1 aromatic rings. The van der Waals surface area contributed by atoms with Crippen LogP contribution in [0.2, 0.25) is 0 Å². The van der Waals surface area contributed by atoms with Crippen molar-refractivity contribution in [3.63, 3.8) is 0 Å². The van der Waals surface area contributed by atoms with Gasteiger partial charge in [0.25, 0.3) is 18.4 Å². The molecule has 300 valence electrons. The number of halogens is 10. The van der Waals surface area contributed by atoms with E-state index in [1.165, 1.54) is 12.3 Å². The molecular formula is C37H46F10N6O. The zero-order valence-corrected chi connectivity index (χ0v) is 31.1. The van der Waals surface area contributed by atoms with Crippen molar-refractivity contribution in [2.75, 3.05) is 0 Å². The van der Waals surface area contributed by atoms with Crippen molar-refractivity contribution in [3.8, 4) is 0 Å². The van der Waals surface area contributed by atoms with Gasteiger partial charge in [0, 0.05) is 46.7 Å². The maximum atomic E-state index is 12.5. The molecule has 0 aliphatic carbocycles. The Morgan fingerprint density at radius 3 is 1.52 bits per heavy atom. The first-order valence-electron chi connectivity index (χ1n) is 16.5. The molecule has 0 saturated carbocycles. The summed E-state index contributed by atoms with van der Waals surface area (Å²) in [5.74, 6) is -0.464. The van der Waals surface area contributed by atoms with Crippen LogP contribution < -0.4 is 21.6 Å². The second-order valence-electron chi connectivity index (χ2n) is 13.2. The lowest BCUT2D eigenvalue weighted by molar-refractivity contribution is -0.0904. The lowest BCUT2D eigenvalue weighted by atomic mass is 9.93. The van der Waals surface area contributed by atoms with Gasteiger partial charge in [0.1, 0.15) is 0 Å². The Morgan fingerprint density at radius 1 is 0.611 bits per heavy atom. The van der Waals surface area contributed by atoms with Crippen molar-refractivity contribution in [1.82, 2.24) is 26.3 Å². The highest BCUT2D eigenvalue weighted by atomic mass is 19.4. The standard InChI is InChI=1S/C10H12F3N.C10H13F2N.C9H11F3N2.C8H10F2N2O/c1-6(2)8-5-14-7(3)4-9(8)10(11,12)13;1-6(2)9-5-13-7(3)4-8(9)10(11)12;1-5(2)8-7(9(10,11)12)4-6(3)13-14-8;1-4(2)7-5(8(9)10)3-6(13)11-12-7/h4-6,14H,3H2,1-2H3;4-6,10,13H,3H2,1-2H3;4-5,13H,3H2,1-2H3;3-4,8H,1-2H3,(H,11,13). The summed E-state index contributed by atoms with van der Waals surface area (Å²) < 4.78 is 125. The van der Waals surface area contributed by atoms with Gasteiger partial charge in [-0.05, 0) is 53.0 Å². The lowest BCUT2D eigenvalue weighted by Gasteiger charge is -2.22. The van der Waals surface area contributed by atoms with Crippen molar-refractivity contribution >= 4 is 5.71 Å². The minimum Gasteiger partial charge on any atom is -0.362 e. The molecule has 0 amide bonds. The van der Waals surface area contributed by atoms with Crippen LogP contribution in [0.5, 0.6) is 0 Å². The molecule has 0 atom stereocenters. The number of H-pyrrole nitrogens is 1. The smallest absolute Gasteiger partial charge is 0.362 e. The maximum Gasteiger partial charge on any atom is 0.418 e. The van der Waals surface area contributed by atoms with E-state index >= 15 is 0 Å². The highest BCUT2D eigenvalue weighted by molar-refractivity contribution is 6.03. The Kier molecular flexibility index (Phi) is 17.5. The van der Waals surface area contributed by atoms with Gasteiger partial charge in [-0.3, -0.25) is 10.2 Å². The van der Waals surface area contributed by atoms with Crippen LogP contribution in [-0.4, -0.2) is 34.7 Å². The van der Waals surface area contributed by atoms with E-state index in [-0.39, 0.29) is 63.2 Å². The quantitative estimate of drug-likeness (QED) is 0.216. The van der Waals surface area contributed by atoms with Gasteiger partial charge in [0.05, 0.1) is 22.6 Å². The van der Waals surface area contributed by atoms with Crippen molar-refractivity contribution in [1.29, 1.82) is 0 Å². The van der Waals surface area contributed by atoms with E-state index in [9.17, 15) is 48.7 Å². The molecule has 17 heteroatoms. The first-order chi connectivity index (χ1) is 24.7. The molecule has 0 unspecified atom stereocenters. The third kappa shape index (κ3) is 14.5. The topological polar surface area (TPSA) is 94.2 Å². The van der Waals surface area contributed by atoms with Crippen LogP contribution in [0.4, 0.5) is 43.9 Å². The summed E-state index contributed by atoms with van der Waals surface area (Å²) in [7, 11) is 0. The molecule has 3 aliphatic rings. The van der Waals surface area contributed by atoms with E-state index in [2.05, 4.69) is 51.1 Å². The number of hydrogen-bond donors (Lipinski definition) is 4. The average molecular weight is 781 g/mol. The Balaban J connectivity index is 0.000000360. The minimum atomic E-state index is -4.37. The molecule has 0 aromatic carbocycles. The molecule has 54 heavy (non-hydrogen) atoms. The van der Waals surface area contributed by atoms with E-state index in [1.54, 1.807) is 47.7 Å². The molecule has 3 aliphatic heterocycles. The number of hydrogen-bond acceptors (Lipinski definition) is 6. The van der Waals surface area contributed by atoms with Gasteiger partial charge in [0.2, 0.25) is 0 Å². The largest absolute Gasteiger partial charge is 0.418 e. The maximum absolute atomic E-state index is 12.5. The van der Waals surface area contributed by atoms with Crippen molar-refractivity contribution in [2.45, 2.75) is 86.5 Å².